The van der Waals surface area contributed by atoms with Crippen molar-refractivity contribution in [2.45, 2.75) is 38.3 Å². The molecule has 2 atom stereocenters. The number of oxazole rings is 1. The molecule has 0 aromatic carbocycles. The van der Waals surface area contributed by atoms with Gasteiger partial charge in [0.2, 0.25) is 0 Å². The van der Waals surface area contributed by atoms with Gasteiger partial charge >= 0.3 is 0 Å². The second-order valence-electron chi connectivity index (χ2n) is 4.86. The third-order valence-electron chi connectivity index (χ3n) is 3.49. The molecule has 7 nitrogen and oxygen atoms in total. The van der Waals surface area contributed by atoms with Crippen LogP contribution < -0.4 is 10.1 Å². The first-order chi connectivity index (χ1) is 9.74. The fourth-order valence-electron chi connectivity index (χ4n) is 2.47. The van der Waals surface area contributed by atoms with Crippen LogP contribution in [0.2, 0.25) is 0 Å². The van der Waals surface area contributed by atoms with Gasteiger partial charge in [0.25, 0.3) is 5.91 Å². The molecule has 1 fully saturated rings. The van der Waals surface area contributed by atoms with Crippen molar-refractivity contribution in [3.63, 3.8) is 0 Å². The molecule has 2 heterocycles. The quantitative estimate of drug-likeness (QED) is 0.881. The van der Waals surface area contributed by atoms with E-state index in [0.29, 0.717) is 17.2 Å². The zero-order chi connectivity index (χ0) is 13.9. The van der Waals surface area contributed by atoms with E-state index in [1.165, 1.54) is 6.39 Å². The second-order valence-corrected chi connectivity index (χ2v) is 4.86. The maximum Gasteiger partial charge on any atom is 0.273 e. The lowest BCUT2D eigenvalue weighted by Crippen LogP contribution is -2.42. The van der Waals surface area contributed by atoms with E-state index >= 15 is 0 Å². The summed E-state index contributed by atoms with van der Waals surface area (Å²) < 4.78 is 10.9. The molecular formula is C13H16N4O3. The zero-order valence-electron chi connectivity index (χ0n) is 11.1. The molecule has 0 bridgehead atoms. The second kappa shape index (κ2) is 5.36. The van der Waals surface area contributed by atoms with Gasteiger partial charge in [-0.2, -0.15) is 5.10 Å². The molecule has 106 valence electrons. The number of hydrogen-bond acceptors (Lipinski definition) is 5. The van der Waals surface area contributed by atoms with Crippen molar-refractivity contribution in [2.24, 2.45) is 0 Å². The summed E-state index contributed by atoms with van der Waals surface area (Å²) in [5.41, 5.74) is 0.332. The van der Waals surface area contributed by atoms with E-state index in [1.54, 1.807) is 19.3 Å². The van der Waals surface area contributed by atoms with Gasteiger partial charge < -0.3 is 14.5 Å². The zero-order valence-corrected chi connectivity index (χ0v) is 11.1. The van der Waals surface area contributed by atoms with Crippen LogP contribution in [-0.4, -0.2) is 33.2 Å². The van der Waals surface area contributed by atoms with Crippen molar-refractivity contribution in [1.82, 2.24) is 20.5 Å². The Balaban J connectivity index is 1.64. The van der Waals surface area contributed by atoms with Crippen LogP contribution in [0.3, 0.4) is 0 Å². The molecule has 0 unspecified atom stereocenters. The number of ether oxygens (including phenoxy) is 1. The van der Waals surface area contributed by atoms with Crippen LogP contribution in [0.25, 0.3) is 0 Å². The van der Waals surface area contributed by atoms with Crippen LogP contribution in [0, 0.1) is 6.92 Å². The first-order valence-corrected chi connectivity index (χ1v) is 6.60. The average molecular weight is 276 g/mol. The number of nitrogens with one attached hydrogen (secondary N) is 2. The molecule has 0 saturated heterocycles. The Kier molecular flexibility index (Phi) is 3.41. The van der Waals surface area contributed by atoms with E-state index in [-0.39, 0.29) is 18.1 Å². The number of carbonyl (C=O) groups is 1. The fraction of sp³-hybridized carbons (Fsp3) is 0.462. The van der Waals surface area contributed by atoms with Crippen LogP contribution >= 0.6 is 0 Å². The number of nitrogens with zero attached hydrogens (tertiary/aromatic N) is 2. The van der Waals surface area contributed by atoms with Crippen molar-refractivity contribution >= 4 is 5.91 Å². The minimum atomic E-state index is -0.219. The van der Waals surface area contributed by atoms with Crippen molar-refractivity contribution in [3.8, 4) is 5.75 Å². The molecule has 20 heavy (non-hydrogen) atoms. The van der Waals surface area contributed by atoms with Gasteiger partial charge in [-0.15, -0.1) is 0 Å². The third-order valence-corrected chi connectivity index (χ3v) is 3.49. The monoisotopic (exact) mass is 276 g/mol. The number of aromatic amines is 1. The van der Waals surface area contributed by atoms with Gasteiger partial charge in [-0.1, -0.05) is 0 Å². The fourth-order valence-corrected chi connectivity index (χ4v) is 2.47. The van der Waals surface area contributed by atoms with E-state index in [2.05, 4.69) is 20.5 Å². The molecule has 1 aliphatic rings. The van der Waals surface area contributed by atoms with Gasteiger partial charge in [0.1, 0.15) is 11.9 Å². The minimum absolute atomic E-state index is 0.0199. The number of amides is 1. The van der Waals surface area contributed by atoms with Gasteiger partial charge in [0, 0.05) is 0 Å². The molecule has 1 amide bonds. The first kappa shape index (κ1) is 12.7. The first-order valence-electron chi connectivity index (χ1n) is 6.60. The highest BCUT2D eigenvalue weighted by molar-refractivity contribution is 5.93. The van der Waals surface area contributed by atoms with Crippen molar-refractivity contribution < 1.29 is 13.9 Å². The van der Waals surface area contributed by atoms with Gasteiger partial charge in [0.15, 0.2) is 17.8 Å². The average Bonchev–Trinajstić information content (AvgIpc) is 3.13. The summed E-state index contributed by atoms with van der Waals surface area (Å²) in [6.45, 7) is 1.72. The predicted octanol–water partition coefficient (Wildman–Crippen LogP) is 1.44. The Morgan fingerprint density at radius 2 is 2.45 bits per heavy atom. The maximum absolute atomic E-state index is 12.1. The van der Waals surface area contributed by atoms with Crippen molar-refractivity contribution in [1.29, 1.82) is 0 Å². The molecular weight excluding hydrogens is 260 g/mol. The summed E-state index contributed by atoms with van der Waals surface area (Å²) in [5.74, 6) is 0.991. The lowest BCUT2D eigenvalue weighted by molar-refractivity contribution is 0.0888. The van der Waals surface area contributed by atoms with Crippen molar-refractivity contribution in [2.75, 3.05) is 0 Å². The van der Waals surface area contributed by atoms with E-state index in [0.717, 1.165) is 19.3 Å². The van der Waals surface area contributed by atoms with Crippen LogP contribution in [0.15, 0.2) is 23.2 Å². The van der Waals surface area contributed by atoms with Crippen LogP contribution in [0.1, 0.15) is 35.5 Å². The number of carbonyl (C=O) groups excluding carboxylic acids is 1. The van der Waals surface area contributed by atoms with Gasteiger partial charge in [0.05, 0.1) is 18.4 Å². The summed E-state index contributed by atoms with van der Waals surface area (Å²) in [6, 6.07) is -0.0199. The van der Waals surface area contributed by atoms with E-state index in [1.807, 2.05) is 0 Å². The lowest BCUT2D eigenvalue weighted by Gasteiger charge is -2.21. The summed E-state index contributed by atoms with van der Waals surface area (Å²) in [5, 5.41) is 9.51. The molecule has 2 aromatic heterocycles. The van der Waals surface area contributed by atoms with Crippen molar-refractivity contribution in [3.05, 3.63) is 30.2 Å². The minimum Gasteiger partial charge on any atom is -0.485 e. The normalized spacial score (nSPS) is 21.9. The van der Waals surface area contributed by atoms with Crippen LogP contribution in [0.5, 0.6) is 5.75 Å². The highest BCUT2D eigenvalue weighted by Gasteiger charge is 2.31. The predicted molar refractivity (Wildman–Crippen MR) is 69.3 cm³/mol. The Labute approximate surface area is 115 Å². The third kappa shape index (κ3) is 2.52. The standard InChI is InChI=1S/C13H16N4O3/c1-8-12(14-7-19-8)13(18)17-10-3-2-4-11(10)20-9-5-15-16-6-9/h5-7,10-11H,2-4H2,1H3,(H,15,16)(H,17,18)/t10-,11+/m0/s1. The van der Waals surface area contributed by atoms with Crippen LogP contribution in [0.4, 0.5) is 0 Å². The smallest absolute Gasteiger partial charge is 0.273 e. The Morgan fingerprint density at radius 1 is 1.55 bits per heavy atom. The molecule has 3 rings (SSSR count). The molecule has 0 spiro atoms. The molecule has 2 N–H and O–H groups in total. The summed E-state index contributed by atoms with van der Waals surface area (Å²) >= 11 is 0. The highest BCUT2D eigenvalue weighted by Crippen LogP contribution is 2.24. The number of rotatable bonds is 4. The summed E-state index contributed by atoms with van der Waals surface area (Å²) in [6.07, 6.45) is 7.38. The lowest BCUT2D eigenvalue weighted by atomic mass is 10.2. The Bertz CT molecular complexity index is 578. The van der Waals surface area contributed by atoms with Gasteiger partial charge in [-0.3, -0.25) is 9.89 Å². The topological polar surface area (TPSA) is 93.0 Å². The number of aryl methyl sites for hydroxylation is 1. The number of hydrogen-bond donors (Lipinski definition) is 2. The largest absolute Gasteiger partial charge is 0.485 e. The van der Waals surface area contributed by atoms with E-state index in [4.69, 9.17) is 9.15 Å². The van der Waals surface area contributed by atoms with Gasteiger partial charge in [-0.05, 0) is 26.2 Å². The molecule has 1 aliphatic carbocycles. The Hall–Kier alpha value is -2.31. The maximum atomic E-state index is 12.1. The highest BCUT2D eigenvalue weighted by atomic mass is 16.5. The Morgan fingerprint density at radius 3 is 3.15 bits per heavy atom. The van der Waals surface area contributed by atoms with Gasteiger partial charge in [-0.25, -0.2) is 4.98 Å². The van der Waals surface area contributed by atoms with E-state index < -0.39 is 0 Å². The van der Waals surface area contributed by atoms with E-state index in [9.17, 15) is 4.79 Å². The molecule has 7 heteroatoms. The number of aromatic nitrogens is 3. The SMILES string of the molecule is Cc1ocnc1C(=O)N[C@H]1CCC[C@H]1Oc1cn[nH]c1. The molecule has 1 saturated carbocycles. The molecule has 2 aromatic rings. The molecule has 0 radical (unpaired) electrons. The molecule has 0 aliphatic heterocycles. The number of H-pyrrole nitrogens is 1. The summed E-state index contributed by atoms with van der Waals surface area (Å²) in [4.78, 5) is 16.0. The van der Waals surface area contributed by atoms with Crippen LogP contribution in [-0.2, 0) is 0 Å². The summed E-state index contributed by atoms with van der Waals surface area (Å²) in [7, 11) is 0.